The Morgan fingerprint density at radius 3 is 2.95 bits per heavy atom. The van der Waals surface area contributed by atoms with Gasteiger partial charge in [-0.15, -0.1) is 5.47 Å². The first-order valence-corrected chi connectivity index (χ1v) is 7.43. The summed E-state index contributed by atoms with van der Waals surface area (Å²) in [5.41, 5.74) is 2.45. The molecule has 106 valence electrons. The molecule has 0 bridgehead atoms. The van der Waals surface area contributed by atoms with Crippen molar-refractivity contribution >= 4 is 25.0 Å². The first kappa shape index (κ1) is 12.9. The van der Waals surface area contributed by atoms with E-state index >= 15 is 0 Å². The van der Waals surface area contributed by atoms with E-state index in [-0.39, 0.29) is 5.56 Å². The summed E-state index contributed by atoms with van der Waals surface area (Å²) in [5.74, 6) is 1.52. The lowest BCUT2D eigenvalue weighted by atomic mass is 9.85. The Labute approximate surface area is 123 Å². The topological polar surface area (TPSA) is 62.1 Å². The molecular weight excluding hydrogens is 265 g/mol. The maximum Gasteiger partial charge on any atom is 0.294 e. The van der Waals surface area contributed by atoms with Gasteiger partial charge in [0.1, 0.15) is 24.9 Å². The number of allylic oxidation sites excluding steroid dienone is 1. The zero-order valence-electron chi connectivity index (χ0n) is 11.8. The molecule has 5 nitrogen and oxygen atoms in total. The smallest absolute Gasteiger partial charge is 0.294 e. The van der Waals surface area contributed by atoms with Crippen LogP contribution >= 0.6 is 0 Å². The van der Waals surface area contributed by atoms with Gasteiger partial charge in [-0.05, 0) is 32.4 Å². The molecule has 2 aromatic rings. The van der Waals surface area contributed by atoms with Crippen molar-refractivity contribution in [3.05, 3.63) is 33.0 Å². The van der Waals surface area contributed by atoms with Gasteiger partial charge in [0.05, 0.1) is 6.54 Å². The second kappa shape index (κ2) is 4.88. The van der Waals surface area contributed by atoms with E-state index in [2.05, 4.69) is 14.9 Å². The molecule has 2 radical (unpaired) electrons. The molecule has 1 N–H and O–H groups in total. The Hall–Kier alpha value is -1.82. The second-order valence-corrected chi connectivity index (χ2v) is 5.83. The molecule has 1 aliphatic heterocycles. The van der Waals surface area contributed by atoms with Crippen LogP contribution in [0.5, 0.6) is 0 Å². The van der Waals surface area contributed by atoms with Crippen LogP contribution in [0.15, 0.2) is 14.7 Å². The van der Waals surface area contributed by atoms with Crippen LogP contribution in [-0.2, 0) is 13.0 Å². The summed E-state index contributed by atoms with van der Waals surface area (Å²) in [6.45, 7) is 2.82. The number of H-pyrrole nitrogens is 1. The molecule has 2 aliphatic rings. The van der Waals surface area contributed by atoms with E-state index in [0.29, 0.717) is 23.5 Å². The summed E-state index contributed by atoms with van der Waals surface area (Å²) in [6, 6.07) is 0. The SMILES string of the molecule is [B]C1=Cc2c(oc3c(=O)[nH]c(CN4CCCC4)nc23)CC1. The van der Waals surface area contributed by atoms with Gasteiger partial charge in [-0.25, -0.2) is 4.98 Å². The largest absolute Gasteiger partial charge is 0.453 e. The van der Waals surface area contributed by atoms with Crippen molar-refractivity contribution in [2.75, 3.05) is 13.1 Å². The molecule has 4 rings (SSSR count). The number of aryl methyl sites for hydroxylation is 1. The van der Waals surface area contributed by atoms with Crippen LogP contribution in [0.4, 0.5) is 0 Å². The van der Waals surface area contributed by atoms with Crippen LogP contribution in [0.1, 0.15) is 36.4 Å². The van der Waals surface area contributed by atoms with Gasteiger partial charge < -0.3 is 9.40 Å². The van der Waals surface area contributed by atoms with Crippen LogP contribution in [0, 0.1) is 0 Å². The Balaban J connectivity index is 1.81. The zero-order valence-corrected chi connectivity index (χ0v) is 11.8. The minimum atomic E-state index is -0.199. The molecular formula is C15H16BN3O2. The van der Waals surface area contributed by atoms with Crippen LogP contribution < -0.4 is 5.56 Å². The quantitative estimate of drug-likeness (QED) is 0.849. The summed E-state index contributed by atoms with van der Waals surface area (Å²) >= 11 is 0. The Morgan fingerprint density at radius 2 is 2.14 bits per heavy atom. The maximum atomic E-state index is 12.2. The summed E-state index contributed by atoms with van der Waals surface area (Å²) in [6.07, 6.45) is 5.82. The van der Waals surface area contributed by atoms with Crippen molar-refractivity contribution in [1.82, 2.24) is 14.9 Å². The van der Waals surface area contributed by atoms with E-state index in [1.807, 2.05) is 6.08 Å². The van der Waals surface area contributed by atoms with Gasteiger partial charge in [0, 0.05) is 12.0 Å². The van der Waals surface area contributed by atoms with Crippen molar-refractivity contribution in [3.63, 3.8) is 0 Å². The number of fused-ring (bicyclic) bond motifs is 3. The van der Waals surface area contributed by atoms with Crippen molar-refractivity contribution in [2.45, 2.75) is 32.2 Å². The summed E-state index contributed by atoms with van der Waals surface area (Å²) in [7, 11) is 5.91. The highest BCUT2D eigenvalue weighted by Gasteiger charge is 2.21. The number of hydrogen-bond donors (Lipinski definition) is 1. The number of likely N-dealkylation sites (tertiary alicyclic amines) is 1. The molecule has 6 heteroatoms. The molecule has 1 aliphatic carbocycles. The molecule has 0 aromatic carbocycles. The molecule has 1 fully saturated rings. The molecule has 3 heterocycles. The van der Waals surface area contributed by atoms with Crippen LogP contribution in [0.25, 0.3) is 17.2 Å². The van der Waals surface area contributed by atoms with E-state index in [0.717, 1.165) is 42.7 Å². The van der Waals surface area contributed by atoms with Gasteiger partial charge in [0.15, 0.2) is 0 Å². The highest BCUT2D eigenvalue weighted by atomic mass is 16.3. The number of aromatic amines is 1. The van der Waals surface area contributed by atoms with E-state index in [1.165, 1.54) is 12.8 Å². The zero-order chi connectivity index (χ0) is 14.4. The first-order chi connectivity index (χ1) is 10.2. The second-order valence-electron chi connectivity index (χ2n) is 5.83. The van der Waals surface area contributed by atoms with E-state index in [1.54, 1.807) is 0 Å². The van der Waals surface area contributed by atoms with E-state index in [4.69, 9.17) is 12.3 Å². The Morgan fingerprint density at radius 1 is 1.33 bits per heavy atom. The van der Waals surface area contributed by atoms with Crippen molar-refractivity contribution in [2.24, 2.45) is 0 Å². The van der Waals surface area contributed by atoms with Crippen LogP contribution in [0.3, 0.4) is 0 Å². The van der Waals surface area contributed by atoms with Crippen molar-refractivity contribution in [3.8, 4) is 0 Å². The standard InChI is InChI=1S/C15H16BN3O2/c16-9-3-4-11-10(7-9)13-14(21-11)15(20)18-12(17-13)8-19-5-1-2-6-19/h7H,1-6,8H2,(H,17,18,20). The highest BCUT2D eigenvalue weighted by molar-refractivity contribution is 6.24. The summed E-state index contributed by atoms with van der Waals surface area (Å²) in [4.78, 5) is 22.0. The summed E-state index contributed by atoms with van der Waals surface area (Å²) in [5, 5.41) is 0. The molecule has 0 atom stereocenters. The fraction of sp³-hybridized carbons (Fsp3) is 0.467. The lowest BCUT2D eigenvalue weighted by Crippen LogP contribution is -2.22. The Kier molecular flexibility index (Phi) is 2.99. The van der Waals surface area contributed by atoms with Crippen molar-refractivity contribution in [1.29, 1.82) is 0 Å². The number of furan rings is 1. The maximum absolute atomic E-state index is 12.2. The third-order valence-corrected chi connectivity index (χ3v) is 4.25. The molecule has 21 heavy (non-hydrogen) atoms. The average Bonchev–Trinajstić information content (AvgIpc) is 3.07. The number of aromatic nitrogens is 2. The number of hydrogen-bond acceptors (Lipinski definition) is 4. The third-order valence-electron chi connectivity index (χ3n) is 4.25. The van der Waals surface area contributed by atoms with E-state index < -0.39 is 0 Å². The van der Waals surface area contributed by atoms with E-state index in [9.17, 15) is 4.79 Å². The fourth-order valence-electron chi connectivity index (χ4n) is 3.17. The fourth-order valence-corrected chi connectivity index (χ4v) is 3.17. The van der Waals surface area contributed by atoms with Gasteiger partial charge in [0.25, 0.3) is 5.56 Å². The monoisotopic (exact) mass is 281 g/mol. The van der Waals surface area contributed by atoms with Gasteiger partial charge in [-0.2, -0.15) is 0 Å². The van der Waals surface area contributed by atoms with Gasteiger partial charge >= 0.3 is 0 Å². The molecule has 0 saturated carbocycles. The minimum Gasteiger partial charge on any atom is -0.453 e. The molecule has 1 saturated heterocycles. The van der Waals surface area contributed by atoms with Gasteiger partial charge in [-0.1, -0.05) is 6.08 Å². The Bertz CT molecular complexity index is 784. The molecule has 0 unspecified atom stereocenters. The number of nitrogens with zero attached hydrogens (tertiary/aromatic N) is 2. The predicted molar refractivity (Wildman–Crippen MR) is 81.2 cm³/mol. The lowest BCUT2D eigenvalue weighted by molar-refractivity contribution is 0.322. The van der Waals surface area contributed by atoms with Crippen LogP contribution in [0.2, 0.25) is 0 Å². The lowest BCUT2D eigenvalue weighted by Gasteiger charge is -2.13. The average molecular weight is 281 g/mol. The number of rotatable bonds is 2. The van der Waals surface area contributed by atoms with Gasteiger partial charge in [-0.3, -0.25) is 9.69 Å². The molecule has 0 amide bonds. The first-order valence-electron chi connectivity index (χ1n) is 7.43. The number of nitrogens with one attached hydrogen (secondary N) is 1. The minimum absolute atomic E-state index is 0.199. The third kappa shape index (κ3) is 2.23. The van der Waals surface area contributed by atoms with Crippen molar-refractivity contribution < 1.29 is 4.42 Å². The van der Waals surface area contributed by atoms with Crippen LogP contribution in [-0.4, -0.2) is 35.8 Å². The molecule has 0 spiro atoms. The normalized spacial score (nSPS) is 19.0. The summed E-state index contributed by atoms with van der Waals surface area (Å²) < 4.78 is 5.67. The molecule has 2 aromatic heterocycles. The predicted octanol–water partition coefficient (Wildman–Crippen LogP) is 1.57. The van der Waals surface area contributed by atoms with Gasteiger partial charge in [0.2, 0.25) is 5.58 Å². The highest BCUT2D eigenvalue weighted by Crippen LogP contribution is 2.30.